The van der Waals surface area contributed by atoms with Crippen LogP contribution in [0.2, 0.25) is 0 Å². The molecule has 0 saturated carbocycles. The minimum atomic E-state index is -0.431. The summed E-state index contributed by atoms with van der Waals surface area (Å²) in [6.07, 6.45) is 0. The van der Waals surface area contributed by atoms with Crippen LogP contribution in [-0.2, 0) is 0 Å². The van der Waals surface area contributed by atoms with Gasteiger partial charge in [-0.3, -0.25) is 4.90 Å². The Bertz CT molecular complexity index is 547. The van der Waals surface area contributed by atoms with E-state index in [0.717, 1.165) is 4.90 Å². The van der Waals surface area contributed by atoms with Crippen LogP contribution in [0.4, 0.5) is 35.7 Å². The van der Waals surface area contributed by atoms with E-state index in [1.54, 1.807) is 0 Å². The van der Waals surface area contributed by atoms with Crippen LogP contribution >= 0.6 is 0 Å². The van der Waals surface area contributed by atoms with Crippen LogP contribution in [0.1, 0.15) is 0 Å². The maximum absolute atomic E-state index is 8.75. The monoisotopic (exact) mass is 312 g/mol. The summed E-state index contributed by atoms with van der Waals surface area (Å²) < 4.78 is 0. The van der Waals surface area contributed by atoms with Gasteiger partial charge in [-0.25, -0.2) is 0 Å². The zero-order chi connectivity index (χ0) is 16.7. The molecule has 0 spiro atoms. The van der Waals surface area contributed by atoms with Crippen molar-refractivity contribution >= 4 is 35.7 Å². The lowest BCUT2D eigenvalue weighted by atomic mass is 10.7. The Kier molecular flexibility index (Phi) is 5.73. The van der Waals surface area contributed by atoms with Crippen LogP contribution in [0.3, 0.4) is 0 Å². The van der Waals surface area contributed by atoms with Gasteiger partial charge in [0.15, 0.2) is 0 Å². The van der Waals surface area contributed by atoms with E-state index in [2.05, 4.69) is 29.9 Å². The highest BCUT2D eigenvalue weighted by Crippen LogP contribution is 2.08. The van der Waals surface area contributed by atoms with Gasteiger partial charge in [-0.15, -0.1) is 0 Å². The molecule has 0 aliphatic rings. The van der Waals surface area contributed by atoms with Crippen molar-refractivity contribution in [3.05, 3.63) is 0 Å². The highest BCUT2D eigenvalue weighted by molar-refractivity contribution is 5.38. The van der Waals surface area contributed by atoms with Crippen LogP contribution in [0.25, 0.3) is 0 Å². The lowest BCUT2D eigenvalue weighted by Gasteiger charge is -2.15. The molecule has 0 aliphatic heterocycles. The molecule has 0 radical (unpaired) electrons. The van der Waals surface area contributed by atoms with Crippen LogP contribution < -0.4 is 33.6 Å². The van der Waals surface area contributed by atoms with E-state index in [1.807, 2.05) is 0 Å². The first kappa shape index (κ1) is 16.8. The molecule has 0 amide bonds. The molecule has 2 heterocycles. The first-order valence-corrected chi connectivity index (χ1v) is 5.62. The molecular formula is C8H16N12O2. The predicted octanol–water partition coefficient (Wildman–Crippen LogP) is -3.64. The van der Waals surface area contributed by atoms with Crippen molar-refractivity contribution in [2.24, 2.45) is 0 Å². The number of rotatable bonds is 3. The molecule has 2 rings (SSSR count). The molecule has 0 fully saturated rings. The van der Waals surface area contributed by atoms with Gasteiger partial charge in [0.05, 0.1) is 0 Å². The third-order valence-corrected chi connectivity index (χ3v) is 1.97. The average molecular weight is 312 g/mol. The minimum absolute atomic E-state index is 0.0370. The van der Waals surface area contributed by atoms with Crippen molar-refractivity contribution in [3.63, 3.8) is 0 Å². The number of nitrogen functional groups attached to an aromatic ring is 5. The second-order valence-electron chi connectivity index (χ2n) is 3.58. The Morgan fingerprint density at radius 2 is 0.864 bits per heavy atom. The quantitative estimate of drug-likeness (QED) is 0.270. The molecule has 0 bridgehead atoms. The van der Waals surface area contributed by atoms with Crippen LogP contribution in [0, 0.1) is 0 Å². The normalized spacial score (nSPS) is 9.73. The molecule has 22 heavy (non-hydrogen) atoms. The van der Waals surface area contributed by atoms with Gasteiger partial charge in [0.1, 0.15) is 13.5 Å². The third-order valence-electron chi connectivity index (χ3n) is 1.97. The highest BCUT2D eigenvalue weighted by atomic mass is 16.3. The number of nitrogens with zero attached hydrogens (tertiary/aromatic N) is 7. The topological polar surface area (TPSA) is 251 Å². The molecule has 2 aromatic rings. The SMILES string of the molecule is Nc1nc(N)nc(N(CO)CO)n1.Nc1nc(N)nc(N)n1. The van der Waals surface area contributed by atoms with Gasteiger partial charge in [-0.2, -0.15) is 29.9 Å². The van der Waals surface area contributed by atoms with Gasteiger partial charge in [-0.05, 0) is 0 Å². The van der Waals surface area contributed by atoms with Crippen molar-refractivity contribution in [2.45, 2.75) is 0 Å². The van der Waals surface area contributed by atoms with Gasteiger partial charge in [-0.1, -0.05) is 0 Å². The molecule has 0 aromatic carbocycles. The zero-order valence-corrected chi connectivity index (χ0v) is 11.3. The Labute approximate surface area is 124 Å². The summed E-state index contributed by atoms with van der Waals surface area (Å²) >= 11 is 0. The first-order chi connectivity index (χ1) is 10.3. The van der Waals surface area contributed by atoms with Gasteiger partial charge < -0.3 is 38.9 Å². The van der Waals surface area contributed by atoms with Crippen molar-refractivity contribution in [3.8, 4) is 0 Å². The smallest absolute Gasteiger partial charge is 0.235 e. The van der Waals surface area contributed by atoms with E-state index in [0.29, 0.717) is 0 Å². The van der Waals surface area contributed by atoms with E-state index in [4.69, 9.17) is 38.9 Å². The number of aliphatic hydroxyl groups is 2. The van der Waals surface area contributed by atoms with Gasteiger partial charge in [0, 0.05) is 0 Å². The molecule has 0 atom stereocenters. The summed E-state index contributed by atoms with van der Waals surface area (Å²) in [6, 6.07) is 0. The maximum atomic E-state index is 8.75. The fourth-order valence-electron chi connectivity index (χ4n) is 1.14. The molecule has 12 N–H and O–H groups in total. The number of hydrogen-bond acceptors (Lipinski definition) is 14. The minimum Gasteiger partial charge on any atom is -0.376 e. The first-order valence-electron chi connectivity index (χ1n) is 5.62. The Balaban J connectivity index is 0.000000235. The van der Waals surface area contributed by atoms with E-state index in [-0.39, 0.29) is 35.7 Å². The Morgan fingerprint density at radius 3 is 1.14 bits per heavy atom. The van der Waals surface area contributed by atoms with E-state index in [1.165, 1.54) is 0 Å². The summed E-state index contributed by atoms with van der Waals surface area (Å²) in [5.74, 6) is 0.0406. The van der Waals surface area contributed by atoms with Crippen molar-refractivity contribution in [2.75, 3.05) is 47.0 Å². The molecular weight excluding hydrogens is 296 g/mol. The Hall–Kier alpha value is -3.26. The summed E-state index contributed by atoms with van der Waals surface area (Å²) in [7, 11) is 0. The van der Waals surface area contributed by atoms with E-state index < -0.39 is 13.5 Å². The maximum Gasteiger partial charge on any atom is 0.235 e. The fraction of sp³-hybridized carbons (Fsp3) is 0.250. The fourth-order valence-corrected chi connectivity index (χ4v) is 1.14. The number of aromatic nitrogens is 6. The standard InChI is InChI=1S/C5H10N6O2.C3H6N6/c6-3-8-4(7)10-5(9-3)11(1-12)2-13;4-1-7-2(5)9-3(6)8-1/h12-13H,1-2H2,(H4,6,7,8,9,10);(H6,4,5,6,7,8,9). The molecule has 120 valence electrons. The molecule has 14 heteroatoms. The van der Waals surface area contributed by atoms with Gasteiger partial charge in [0.2, 0.25) is 35.7 Å². The van der Waals surface area contributed by atoms with Gasteiger partial charge >= 0.3 is 0 Å². The lowest BCUT2D eigenvalue weighted by molar-refractivity contribution is 0.220. The number of anilines is 6. The number of hydrogen-bond donors (Lipinski definition) is 7. The lowest BCUT2D eigenvalue weighted by Crippen LogP contribution is -2.27. The molecule has 0 unspecified atom stereocenters. The summed E-state index contributed by atoms with van der Waals surface area (Å²) in [5, 5.41) is 17.5. The molecule has 14 nitrogen and oxygen atoms in total. The van der Waals surface area contributed by atoms with Crippen molar-refractivity contribution in [1.29, 1.82) is 0 Å². The second kappa shape index (κ2) is 7.50. The third kappa shape index (κ3) is 5.02. The molecule has 0 aliphatic carbocycles. The predicted molar refractivity (Wildman–Crippen MR) is 78.4 cm³/mol. The summed E-state index contributed by atoms with van der Waals surface area (Å²) in [6.45, 7) is -0.862. The van der Waals surface area contributed by atoms with Crippen molar-refractivity contribution < 1.29 is 10.2 Å². The number of nitrogens with two attached hydrogens (primary N) is 5. The second-order valence-corrected chi connectivity index (χ2v) is 3.58. The average Bonchev–Trinajstić information content (AvgIpc) is 2.38. The van der Waals surface area contributed by atoms with E-state index in [9.17, 15) is 0 Å². The highest BCUT2D eigenvalue weighted by Gasteiger charge is 2.08. The zero-order valence-electron chi connectivity index (χ0n) is 11.3. The molecule has 0 saturated heterocycles. The largest absolute Gasteiger partial charge is 0.376 e. The summed E-state index contributed by atoms with van der Waals surface area (Å²) in [5.41, 5.74) is 26.0. The van der Waals surface area contributed by atoms with E-state index >= 15 is 0 Å². The van der Waals surface area contributed by atoms with Gasteiger partial charge in [0.25, 0.3) is 0 Å². The summed E-state index contributed by atoms with van der Waals surface area (Å²) in [4.78, 5) is 22.4. The Morgan fingerprint density at radius 1 is 0.591 bits per heavy atom. The molecule has 2 aromatic heterocycles. The van der Waals surface area contributed by atoms with Crippen LogP contribution in [-0.4, -0.2) is 53.6 Å². The van der Waals surface area contributed by atoms with Crippen LogP contribution in [0.5, 0.6) is 0 Å². The van der Waals surface area contributed by atoms with Crippen LogP contribution in [0.15, 0.2) is 0 Å². The number of aliphatic hydroxyl groups excluding tert-OH is 2. The van der Waals surface area contributed by atoms with Crippen molar-refractivity contribution in [1.82, 2.24) is 29.9 Å².